The summed E-state index contributed by atoms with van der Waals surface area (Å²) in [5, 5.41) is 0.0964. The van der Waals surface area contributed by atoms with Gasteiger partial charge in [-0.05, 0) is 49.2 Å². The summed E-state index contributed by atoms with van der Waals surface area (Å²) < 4.78 is 57.7. The van der Waals surface area contributed by atoms with Crippen molar-refractivity contribution in [3.8, 4) is 28.7 Å². The van der Waals surface area contributed by atoms with E-state index in [1.165, 1.54) is 42.5 Å². The zero-order valence-corrected chi connectivity index (χ0v) is 22.3. The first-order valence-corrected chi connectivity index (χ1v) is 12.6. The van der Waals surface area contributed by atoms with Crippen LogP contribution in [-0.2, 0) is 23.1 Å². The molecule has 1 unspecified atom stereocenters. The monoisotopic (exact) mass is 522 g/mol. The molecule has 0 fully saturated rings. The molecular weight excluding hydrogens is 491 g/mol. The van der Waals surface area contributed by atoms with Crippen LogP contribution in [0.1, 0.15) is 30.9 Å². The summed E-state index contributed by atoms with van der Waals surface area (Å²) in [5.74, 6) is 0.705. The Hall–Kier alpha value is -3.20. The number of hydrogen-bond acceptors (Lipinski definition) is 10. The highest BCUT2D eigenvalue weighted by Crippen LogP contribution is 2.63. The molecule has 3 rings (SSSR count). The number of rotatable bonds is 11. The third-order valence-corrected chi connectivity index (χ3v) is 7.91. The van der Waals surface area contributed by atoms with Crippen LogP contribution in [0, 0.1) is 0 Å². The topological polar surface area (TPSA) is 108 Å². The predicted molar refractivity (Wildman–Crippen MR) is 131 cm³/mol. The first-order valence-electron chi connectivity index (χ1n) is 11.1. The van der Waals surface area contributed by atoms with Gasteiger partial charge in [0, 0.05) is 25.7 Å². The van der Waals surface area contributed by atoms with Crippen LogP contribution in [0.25, 0.3) is 0 Å². The van der Waals surface area contributed by atoms with Crippen molar-refractivity contribution in [2.75, 3.05) is 48.9 Å². The Morgan fingerprint density at radius 3 is 2.06 bits per heavy atom. The number of carbonyl (C=O) groups is 1. The quantitative estimate of drug-likeness (QED) is 0.230. The molecular formula is C25H31O10P. The average Bonchev–Trinajstić information content (AvgIpc) is 3.38. The van der Waals surface area contributed by atoms with E-state index in [2.05, 4.69) is 0 Å². The van der Waals surface area contributed by atoms with E-state index < -0.39 is 19.5 Å². The lowest BCUT2D eigenvalue weighted by atomic mass is 9.88. The minimum absolute atomic E-state index is 0.0762. The van der Waals surface area contributed by atoms with E-state index in [1.807, 2.05) is 0 Å². The number of hydrogen-bond donors (Lipinski definition) is 0. The highest BCUT2D eigenvalue weighted by Gasteiger charge is 2.40. The summed E-state index contributed by atoms with van der Waals surface area (Å²) in [6.45, 7) is 3.42. The number of fused-ring (bicyclic) bond motifs is 1. The molecule has 10 nitrogen and oxygen atoms in total. The lowest BCUT2D eigenvalue weighted by Crippen LogP contribution is -2.15. The molecule has 0 aromatic heterocycles. The van der Waals surface area contributed by atoms with Crippen molar-refractivity contribution in [1.29, 1.82) is 0 Å². The summed E-state index contributed by atoms with van der Waals surface area (Å²) in [6.07, 6.45) is 0. The van der Waals surface area contributed by atoms with Crippen molar-refractivity contribution in [1.82, 2.24) is 0 Å². The van der Waals surface area contributed by atoms with E-state index in [0.29, 0.717) is 39.9 Å². The summed E-state index contributed by atoms with van der Waals surface area (Å²) in [7, 11) is 2.99. The van der Waals surface area contributed by atoms with E-state index in [1.54, 1.807) is 37.3 Å². The highest BCUT2D eigenvalue weighted by molar-refractivity contribution is 7.58. The lowest BCUT2D eigenvalue weighted by molar-refractivity contribution is -0.138. The second kappa shape index (κ2) is 11.7. The Kier molecular flexibility index (Phi) is 8.89. The van der Waals surface area contributed by atoms with Crippen LogP contribution < -0.4 is 23.7 Å². The molecule has 196 valence electrons. The Morgan fingerprint density at radius 2 is 1.53 bits per heavy atom. The van der Waals surface area contributed by atoms with Crippen LogP contribution in [0.2, 0.25) is 0 Å². The van der Waals surface area contributed by atoms with Crippen molar-refractivity contribution in [2.24, 2.45) is 0 Å². The zero-order valence-electron chi connectivity index (χ0n) is 21.4. The van der Waals surface area contributed by atoms with Gasteiger partial charge in [-0.1, -0.05) is 6.07 Å². The molecule has 1 atom stereocenters. The van der Waals surface area contributed by atoms with Gasteiger partial charge in [-0.3, -0.25) is 4.57 Å². The van der Waals surface area contributed by atoms with E-state index in [4.69, 9.17) is 37.5 Å². The number of allylic oxidation sites excluding steroid dienone is 1. The summed E-state index contributed by atoms with van der Waals surface area (Å²) >= 11 is 0. The van der Waals surface area contributed by atoms with Gasteiger partial charge in [0.15, 0.2) is 23.0 Å². The van der Waals surface area contributed by atoms with E-state index >= 15 is 0 Å². The van der Waals surface area contributed by atoms with Crippen LogP contribution >= 0.6 is 7.60 Å². The normalized spacial score (nSPS) is 14.1. The smallest absolute Gasteiger partial charge is 0.358 e. The van der Waals surface area contributed by atoms with E-state index in [9.17, 15) is 9.36 Å². The minimum atomic E-state index is -4.00. The Morgan fingerprint density at radius 1 is 0.917 bits per heavy atom. The van der Waals surface area contributed by atoms with Crippen LogP contribution in [-0.4, -0.2) is 54.9 Å². The average molecular weight is 522 g/mol. The Bertz CT molecular complexity index is 1160. The van der Waals surface area contributed by atoms with Gasteiger partial charge in [0.25, 0.3) is 0 Å². The van der Waals surface area contributed by atoms with Crippen LogP contribution in [0.3, 0.4) is 0 Å². The minimum Gasteiger partial charge on any atom is -0.493 e. The molecule has 1 heterocycles. The van der Waals surface area contributed by atoms with Crippen LogP contribution in [0.4, 0.5) is 0 Å². The van der Waals surface area contributed by atoms with Gasteiger partial charge in [-0.25, -0.2) is 4.79 Å². The first-order chi connectivity index (χ1) is 17.3. The maximum atomic E-state index is 14.0. The fourth-order valence-corrected chi connectivity index (χ4v) is 5.72. The molecule has 0 saturated heterocycles. The van der Waals surface area contributed by atoms with Crippen molar-refractivity contribution in [3.05, 3.63) is 52.3 Å². The van der Waals surface area contributed by atoms with E-state index in [0.717, 1.165) is 0 Å². The van der Waals surface area contributed by atoms with Gasteiger partial charge in [0.05, 0.1) is 33.3 Å². The standard InChI is InChI=1S/C25H31O10P/c1-8-33-25(26)15(2)24(36(27,31-6)32-7)22(16-9-10-18-19(11-16)35-14-34-18)17-12-20(28-3)23(30-5)21(13-17)29-4/h9-13,22H,8,14H2,1-7H3/b24-15+. The first kappa shape index (κ1) is 27.4. The molecule has 2 aromatic rings. The Labute approximate surface area is 210 Å². The second-order valence-electron chi connectivity index (χ2n) is 7.60. The molecule has 0 saturated carbocycles. The summed E-state index contributed by atoms with van der Waals surface area (Å²) in [4.78, 5) is 12.9. The van der Waals surface area contributed by atoms with Crippen LogP contribution in [0.15, 0.2) is 41.2 Å². The Balaban J connectivity index is 2.42. The second-order valence-corrected chi connectivity index (χ2v) is 9.80. The predicted octanol–water partition coefficient (Wildman–Crippen LogP) is 4.90. The summed E-state index contributed by atoms with van der Waals surface area (Å²) in [6, 6.07) is 8.71. The fraction of sp³-hybridized carbons (Fsp3) is 0.400. The summed E-state index contributed by atoms with van der Waals surface area (Å²) in [5.41, 5.74) is 1.28. The number of carbonyl (C=O) groups excluding carboxylic acids is 1. The van der Waals surface area contributed by atoms with Crippen molar-refractivity contribution in [2.45, 2.75) is 19.8 Å². The van der Waals surface area contributed by atoms with Crippen LogP contribution in [0.5, 0.6) is 28.7 Å². The van der Waals surface area contributed by atoms with Gasteiger partial charge in [0.1, 0.15) is 0 Å². The van der Waals surface area contributed by atoms with Gasteiger partial charge in [0.2, 0.25) is 12.5 Å². The molecule has 1 aliphatic heterocycles. The van der Waals surface area contributed by atoms with Crippen molar-refractivity contribution >= 4 is 13.6 Å². The maximum Gasteiger partial charge on any atom is 0.358 e. The van der Waals surface area contributed by atoms with Gasteiger partial charge >= 0.3 is 13.6 Å². The molecule has 0 spiro atoms. The molecule has 0 bridgehead atoms. The maximum absolute atomic E-state index is 14.0. The molecule has 11 heteroatoms. The SMILES string of the molecule is CCOC(=O)/C(C)=C(\C(c1ccc2c(c1)OCO2)c1cc(OC)c(OC)c(OC)c1)P(=O)(OC)OC. The van der Waals surface area contributed by atoms with Crippen molar-refractivity contribution < 1.29 is 46.8 Å². The van der Waals surface area contributed by atoms with E-state index in [-0.39, 0.29) is 24.3 Å². The molecule has 1 aliphatic rings. The third-order valence-electron chi connectivity index (χ3n) is 5.77. The van der Waals surface area contributed by atoms with Gasteiger partial charge in [-0.15, -0.1) is 0 Å². The van der Waals surface area contributed by atoms with Gasteiger partial charge < -0.3 is 37.5 Å². The lowest BCUT2D eigenvalue weighted by Gasteiger charge is -2.28. The molecule has 2 aromatic carbocycles. The van der Waals surface area contributed by atoms with Gasteiger partial charge in [-0.2, -0.15) is 0 Å². The molecule has 0 radical (unpaired) electrons. The molecule has 0 amide bonds. The third kappa shape index (κ3) is 5.16. The number of benzene rings is 2. The highest BCUT2D eigenvalue weighted by atomic mass is 31.2. The molecule has 0 aliphatic carbocycles. The fourth-order valence-electron chi connectivity index (χ4n) is 4.06. The zero-order chi connectivity index (χ0) is 26.5. The number of methoxy groups -OCH3 is 3. The van der Waals surface area contributed by atoms with Crippen molar-refractivity contribution in [3.63, 3.8) is 0 Å². The number of ether oxygens (including phenoxy) is 6. The largest absolute Gasteiger partial charge is 0.493 e. The molecule has 0 N–H and O–H groups in total. The number of esters is 1. The molecule has 36 heavy (non-hydrogen) atoms.